The molecule has 130 valence electrons. The van der Waals surface area contributed by atoms with Crippen LogP contribution in [0.1, 0.15) is 38.7 Å². The van der Waals surface area contributed by atoms with Gasteiger partial charge in [-0.25, -0.2) is 4.99 Å². The van der Waals surface area contributed by atoms with E-state index >= 15 is 0 Å². The summed E-state index contributed by atoms with van der Waals surface area (Å²) in [5.41, 5.74) is 5.80. The highest BCUT2D eigenvalue weighted by molar-refractivity contribution is 6.32. The van der Waals surface area contributed by atoms with Crippen LogP contribution in [0, 0.1) is 5.92 Å². The van der Waals surface area contributed by atoms with Crippen LogP contribution in [0.25, 0.3) is 0 Å². The summed E-state index contributed by atoms with van der Waals surface area (Å²) in [7, 11) is 0. The fourth-order valence-electron chi connectivity index (χ4n) is 3.49. The Bertz CT molecular complexity index is 676. The Morgan fingerprint density at radius 3 is 2.79 bits per heavy atom. The minimum Gasteiger partial charge on any atom is -0.468 e. The third-order valence-corrected chi connectivity index (χ3v) is 5.25. The van der Waals surface area contributed by atoms with E-state index in [2.05, 4.69) is 4.99 Å². The van der Waals surface area contributed by atoms with Crippen LogP contribution in [0.15, 0.2) is 29.3 Å². The lowest BCUT2D eigenvalue weighted by molar-refractivity contribution is -0.137. The SMILES string of the molecule is CC(C)C(O)C(N)C1=N[C@]2(c3ccccc3Cl)CCC[C@H](O1)C2=O. The highest BCUT2D eigenvalue weighted by atomic mass is 35.5. The zero-order valence-electron chi connectivity index (χ0n) is 13.9. The summed E-state index contributed by atoms with van der Waals surface area (Å²) in [4.78, 5) is 17.6. The summed E-state index contributed by atoms with van der Waals surface area (Å²) in [6, 6.07) is 6.50. The molecule has 0 amide bonds. The quantitative estimate of drug-likeness (QED) is 0.873. The number of hydrogen-bond donors (Lipinski definition) is 2. The van der Waals surface area contributed by atoms with E-state index in [1.165, 1.54) is 0 Å². The largest absolute Gasteiger partial charge is 0.468 e. The molecular formula is C18H23ClN2O3. The van der Waals surface area contributed by atoms with E-state index in [9.17, 15) is 9.90 Å². The van der Waals surface area contributed by atoms with Gasteiger partial charge in [0, 0.05) is 10.6 Å². The molecule has 1 aromatic carbocycles. The second-order valence-corrected chi connectivity index (χ2v) is 7.32. The summed E-state index contributed by atoms with van der Waals surface area (Å²) < 4.78 is 5.76. The number of rotatable bonds is 4. The van der Waals surface area contributed by atoms with Gasteiger partial charge in [0.15, 0.2) is 11.6 Å². The molecule has 1 aliphatic carbocycles. The van der Waals surface area contributed by atoms with Crippen molar-refractivity contribution in [1.29, 1.82) is 0 Å². The number of ketones is 1. The number of aliphatic imine (C=N–C) groups is 1. The van der Waals surface area contributed by atoms with Crippen molar-refractivity contribution in [3.63, 3.8) is 0 Å². The Hall–Kier alpha value is -1.43. The number of nitrogens with two attached hydrogens (primary N) is 1. The topological polar surface area (TPSA) is 84.9 Å². The molecule has 6 heteroatoms. The number of benzene rings is 1. The zero-order valence-corrected chi connectivity index (χ0v) is 14.7. The summed E-state index contributed by atoms with van der Waals surface area (Å²) >= 11 is 6.36. The van der Waals surface area contributed by atoms with Crippen LogP contribution >= 0.6 is 11.6 Å². The van der Waals surface area contributed by atoms with E-state index in [0.29, 0.717) is 23.4 Å². The number of fused-ring (bicyclic) bond motifs is 2. The Balaban J connectivity index is 2.09. The molecule has 2 aliphatic rings. The number of hydrogen-bond acceptors (Lipinski definition) is 5. The molecular weight excluding hydrogens is 328 g/mol. The predicted octanol–water partition coefficient (Wildman–Crippen LogP) is 2.43. The third-order valence-electron chi connectivity index (χ3n) is 4.92. The second kappa shape index (κ2) is 6.47. The van der Waals surface area contributed by atoms with Crippen LogP contribution in [-0.4, -0.2) is 35.0 Å². The number of halogens is 1. The Morgan fingerprint density at radius 1 is 1.42 bits per heavy atom. The van der Waals surface area contributed by atoms with Crippen molar-refractivity contribution in [2.75, 3.05) is 0 Å². The number of aliphatic hydroxyl groups is 1. The molecule has 3 N–H and O–H groups in total. The van der Waals surface area contributed by atoms with Gasteiger partial charge in [-0.2, -0.15) is 0 Å². The van der Waals surface area contributed by atoms with Crippen LogP contribution in [0.5, 0.6) is 0 Å². The van der Waals surface area contributed by atoms with Gasteiger partial charge in [-0.3, -0.25) is 4.79 Å². The number of nitrogens with zero attached hydrogens (tertiary/aromatic N) is 1. The number of Topliss-reactive ketones (excluding diaryl/α,β-unsaturated/α-hetero) is 1. The fourth-order valence-corrected chi connectivity index (χ4v) is 3.78. The maximum atomic E-state index is 13.0. The summed E-state index contributed by atoms with van der Waals surface area (Å²) in [5, 5.41) is 10.8. The predicted molar refractivity (Wildman–Crippen MR) is 93.1 cm³/mol. The average Bonchev–Trinajstić information content (AvgIpc) is 2.54. The molecule has 4 atom stereocenters. The van der Waals surface area contributed by atoms with Crippen molar-refractivity contribution in [2.24, 2.45) is 16.6 Å². The van der Waals surface area contributed by atoms with E-state index in [0.717, 1.165) is 6.42 Å². The molecule has 1 fully saturated rings. The van der Waals surface area contributed by atoms with Crippen LogP contribution in [0.4, 0.5) is 0 Å². The lowest BCUT2D eigenvalue weighted by Gasteiger charge is -2.42. The molecule has 1 saturated carbocycles. The monoisotopic (exact) mass is 350 g/mol. The lowest BCUT2D eigenvalue weighted by Crippen LogP contribution is -2.56. The average molecular weight is 351 g/mol. The molecule has 1 aromatic rings. The second-order valence-electron chi connectivity index (χ2n) is 6.91. The first-order chi connectivity index (χ1) is 11.4. The highest BCUT2D eigenvalue weighted by Crippen LogP contribution is 2.44. The van der Waals surface area contributed by atoms with Crippen LogP contribution < -0.4 is 5.73 Å². The highest BCUT2D eigenvalue weighted by Gasteiger charge is 2.52. The molecule has 0 aromatic heterocycles. The maximum absolute atomic E-state index is 13.0. The van der Waals surface area contributed by atoms with E-state index in [-0.39, 0.29) is 17.6 Å². The maximum Gasteiger partial charge on any atom is 0.205 e. The van der Waals surface area contributed by atoms with E-state index < -0.39 is 23.8 Å². The molecule has 2 unspecified atom stereocenters. The van der Waals surface area contributed by atoms with Gasteiger partial charge >= 0.3 is 0 Å². The molecule has 0 spiro atoms. The van der Waals surface area contributed by atoms with Gasteiger partial charge in [0.2, 0.25) is 11.7 Å². The molecule has 24 heavy (non-hydrogen) atoms. The first kappa shape index (κ1) is 17.4. The van der Waals surface area contributed by atoms with Gasteiger partial charge < -0.3 is 15.6 Å². The van der Waals surface area contributed by atoms with Crippen molar-refractivity contribution < 1.29 is 14.6 Å². The number of carbonyl (C=O) groups excluding carboxylic acids is 1. The minimum atomic E-state index is -1.05. The van der Waals surface area contributed by atoms with Gasteiger partial charge in [0.05, 0.1) is 6.10 Å². The van der Waals surface area contributed by atoms with Crippen molar-refractivity contribution in [3.05, 3.63) is 34.9 Å². The number of carbonyl (C=O) groups is 1. The number of ether oxygens (including phenoxy) is 1. The summed E-state index contributed by atoms with van der Waals surface area (Å²) in [6.07, 6.45) is 0.659. The number of aliphatic hydroxyl groups excluding tert-OH is 1. The van der Waals surface area contributed by atoms with Gasteiger partial charge in [-0.05, 0) is 31.2 Å². The van der Waals surface area contributed by atoms with Crippen molar-refractivity contribution in [2.45, 2.75) is 56.9 Å². The standard InChI is InChI=1S/C18H23ClN2O3/c1-10(2)15(22)14(20)17-21-18(11-6-3-4-7-12(11)19)9-5-8-13(24-17)16(18)23/h3-4,6-7,10,13-15,22H,5,8-9,20H2,1-2H3/t13-,14?,15?,18-/m0/s1. The van der Waals surface area contributed by atoms with Crippen LogP contribution in [0.3, 0.4) is 0 Å². The van der Waals surface area contributed by atoms with Crippen molar-refractivity contribution >= 4 is 23.3 Å². The Labute approximate surface area is 146 Å². The van der Waals surface area contributed by atoms with Crippen molar-refractivity contribution in [3.8, 4) is 0 Å². The minimum absolute atomic E-state index is 0.0416. The summed E-state index contributed by atoms with van der Waals surface area (Å²) in [5.74, 6) is 0.136. The normalized spacial score (nSPS) is 29.0. The third kappa shape index (κ3) is 2.75. The van der Waals surface area contributed by atoms with Gasteiger partial charge in [0.25, 0.3) is 0 Å². The van der Waals surface area contributed by atoms with Gasteiger partial charge in [-0.15, -0.1) is 0 Å². The van der Waals surface area contributed by atoms with Gasteiger partial charge in [-0.1, -0.05) is 43.6 Å². The van der Waals surface area contributed by atoms with E-state index in [1.54, 1.807) is 6.07 Å². The van der Waals surface area contributed by atoms with Crippen LogP contribution in [0.2, 0.25) is 5.02 Å². The molecule has 1 aliphatic heterocycles. The Morgan fingerprint density at radius 2 is 2.12 bits per heavy atom. The van der Waals surface area contributed by atoms with Crippen molar-refractivity contribution in [1.82, 2.24) is 0 Å². The van der Waals surface area contributed by atoms with Crippen LogP contribution in [-0.2, 0) is 15.1 Å². The zero-order chi connectivity index (χ0) is 17.5. The molecule has 0 saturated heterocycles. The Kier molecular flexibility index (Phi) is 4.69. The molecule has 1 heterocycles. The molecule has 5 nitrogen and oxygen atoms in total. The fraction of sp³-hybridized carbons (Fsp3) is 0.556. The first-order valence-corrected chi connectivity index (χ1v) is 8.74. The molecule has 3 rings (SSSR count). The van der Waals surface area contributed by atoms with E-state index in [4.69, 9.17) is 22.1 Å². The lowest BCUT2D eigenvalue weighted by atomic mass is 9.73. The smallest absolute Gasteiger partial charge is 0.205 e. The first-order valence-electron chi connectivity index (χ1n) is 8.36. The van der Waals surface area contributed by atoms with Gasteiger partial charge in [0.1, 0.15) is 6.04 Å². The summed E-state index contributed by atoms with van der Waals surface area (Å²) in [6.45, 7) is 3.76. The molecule has 2 bridgehead atoms. The molecule has 0 radical (unpaired) electrons. The van der Waals surface area contributed by atoms with E-state index in [1.807, 2.05) is 32.0 Å².